The molecule has 0 bridgehead atoms. The molecule has 2 amide bonds. The second-order valence-electron chi connectivity index (χ2n) is 8.38. The average Bonchev–Trinajstić information content (AvgIpc) is 2.93. The first-order valence-corrected chi connectivity index (χ1v) is 11.5. The van der Waals surface area contributed by atoms with Crippen molar-refractivity contribution < 1.29 is 9.59 Å². The summed E-state index contributed by atoms with van der Waals surface area (Å²) in [6.45, 7) is 2.58. The van der Waals surface area contributed by atoms with E-state index in [1.165, 1.54) is 0 Å². The number of hydrogen-bond acceptors (Lipinski definition) is 5. The van der Waals surface area contributed by atoms with E-state index in [0.717, 1.165) is 28.3 Å². The fourth-order valence-electron chi connectivity index (χ4n) is 4.24. The van der Waals surface area contributed by atoms with E-state index in [-0.39, 0.29) is 5.91 Å². The minimum absolute atomic E-state index is 0.0519. The Hall–Kier alpha value is -4.52. The Balaban J connectivity index is 1.41. The molecule has 5 rings (SSSR count). The second-order valence-corrected chi connectivity index (χ2v) is 8.38. The van der Waals surface area contributed by atoms with E-state index in [1.54, 1.807) is 18.3 Å². The summed E-state index contributed by atoms with van der Waals surface area (Å²) in [5.41, 5.74) is 9.84. The van der Waals surface area contributed by atoms with E-state index in [9.17, 15) is 9.59 Å². The van der Waals surface area contributed by atoms with Crippen LogP contribution in [-0.2, 0) is 0 Å². The first-order chi connectivity index (χ1) is 17.1. The number of benzene rings is 3. The summed E-state index contributed by atoms with van der Waals surface area (Å²) in [5, 5.41) is 0. The smallest absolute Gasteiger partial charge is 0.253 e. The molecule has 0 spiro atoms. The predicted octanol–water partition coefficient (Wildman–Crippen LogP) is 3.87. The fourth-order valence-corrected chi connectivity index (χ4v) is 4.24. The molecule has 0 saturated carbocycles. The van der Waals surface area contributed by atoms with Crippen LogP contribution >= 0.6 is 0 Å². The van der Waals surface area contributed by atoms with Gasteiger partial charge >= 0.3 is 0 Å². The number of piperazine rings is 1. The highest BCUT2D eigenvalue weighted by Crippen LogP contribution is 2.31. The molecule has 1 aromatic heterocycles. The summed E-state index contributed by atoms with van der Waals surface area (Å²) in [5.74, 6) is 0.357. The molecule has 174 valence electrons. The van der Waals surface area contributed by atoms with Crippen molar-refractivity contribution in [1.29, 1.82) is 0 Å². The van der Waals surface area contributed by atoms with Gasteiger partial charge in [0, 0.05) is 48.4 Å². The Kier molecular flexibility index (Phi) is 6.22. The van der Waals surface area contributed by atoms with Crippen molar-refractivity contribution in [3.8, 4) is 22.5 Å². The van der Waals surface area contributed by atoms with Crippen LogP contribution in [0.15, 0.2) is 91.1 Å². The zero-order chi connectivity index (χ0) is 24.2. The van der Waals surface area contributed by atoms with Crippen molar-refractivity contribution >= 4 is 17.6 Å². The molecule has 7 heteroatoms. The average molecular weight is 464 g/mol. The molecule has 0 atom stereocenters. The van der Waals surface area contributed by atoms with Gasteiger partial charge in [0.1, 0.15) is 5.82 Å². The zero-order valence-electron chi connectivity index (χ0n) is 19.2. The van der Waals surface area contributed by atoms with Gasteiger partial charge in [-0.15, -0.1) is 0 Å². The van der Waals surface area contributed by atoms with Crippen molar-refractivity contribution in [2.45, 2.75) is 0 Å². The molecule has 3 aromatic carbocycles. The van der Waals surface area contributed by atoms with Crippen LogP contribution in [0.3, 0.4) is 0 Å². The lowest BCUT2D eigenvalue weighted by Gasteiger charge is -2.35. The first kappa shape index (κ1) is 22.3. The van der Waals surface area contributed by atoms with Crippen LogP contribution in [0, 0.1) is 0 Å². The maximum atomic E-state index is 12.8. The molecule has 1 fully saturated rings. The number of nitrogens with zero attached hydrogens (tertiary/aromatic N) is 4. The van der Waals surface area contributed by atoms with Crippen molar-refractivity contribution in [2.24, 2.45) is 5.73 Å². The molecular formula is C28H25N5O2. The molecule has 0 unspecified atom stereocenters. The number of anilines is 1. The minimum Gasteiger partial charge on any atom is -0.366 e. The number of hydrogen-bond donors (Lipinski definition) is 1. The standard InChI is InChI=1S/C28H25N5O2/c29-27(34)22-13-11-21(12-14-22)25-26(20-7-3-1-4-8-20)31-24(19-30-25)32-15-17-33(18-16-32)28(35)23-9-5-2-6-10-23/h1-14,19H,15-18H2,(H2,29,34). The highest BCUT2D eigenvalue weighted by Gasteiger charge is 2.24. The monoisotopic (exact) mass is 463 g/mol. The van der Waals surface area contributed by atoms with Gasteiger partial charge in [-0.05, 0) is 24.3 Å². The lowest BCUT2D eigenvalue weighted by atomic mass is 10.0. The van der Waals surface area contributed by atoms with Gasteiger partial charge in [0.2, 0.25) is 5.91 Å². The Labute approximate surface area is 203 Å². The maximum Gasteiger partial charge on any atom is 0.253 e. The summed E-state index contributed by atoms with van der Waals surface area (Å²) in [4.78, 5) is 38.1. The van der Waals surface area contributed by atoms with E-state index in [0.29, 0.717) is 37.3 Å². The van der Waals surface area contributed by atoms with Gasteiger partial charge in [0.25, 0.3) is 5.91 Å². The normalized spacial score (nSPS) is 13.5. The molecule has 0 radical (unpaired) electrons. The van der Waals surface area contributed by atoms with Crippen LogP contribution in [0.1, 0.15) is 20.7 Å². The minimum atomic E-state index is -0.467. The molecule has 1 saturated heterocycles. The second kappa shape index (κ2) is 9.77. The lowest BCUT2D eigenvalue weighted by molar-refractivity contribution is 0.0746. The molecule has 1 aliphatic rings. The third kappa shape index (κ3) is 4.75. The van der Waals surface area contributed by atoms with Crippen LogP contribution in [0.2, 0.25) is 0 Å². The zero-order valence-corrected chi connectivity index (χ0v) is 19.2. The third-order valence-electron chi connectivity index (χ3n) is 6.16. The van der Waals surface area contributed by atoms with Crippen molar-refractivity contribution in [3.05, 3.63) is 102 Å². The number of nitrogens with two attached hydrogens (primary N) is 1. The molecule has 7 nitrogen and oxygen atoms in total. The molecule has 35 heavy (non-hydrogen) atoms. The Morgan fingerprint density at radius 2 is 1.29 bits per heavy atom. The van der Waals surface area contributed by atoms with Crippen LogP contribution in [0.4, 0.5) is 5.82 Å². The molecule has 0 aliphatic carbocycles. The molecular weight excluding hydrogens is 438 g/mol. The number of primary amides is 1. The van der Waals surface area contributed by atoms with Gasteiger partial charge in [-0.2, -0.15) is 0 Å². The first-order valence-electron chi connectivity index (χ1n) is 11.5. The van der Waals surface area contributed by atoms with Crippen LogP contribution in [0.5, 0.6) is 0 Å². The number of aromatic nitrogens is 2. The van der Waals surface area contributed by atoms with Gasteiger partial charge in [0.05, 0.1) is 17.6 Å². The molecule has 1 aliphatic heterocycles. The maximum absolute atomic E-state index is 12.8. The topological polar surface area (TPSA) is 92.4 Å². The third-order valence-corrected chi connectivity index (χ3v) is 6.16. The van der Waals surface area contributed by atoms with Gasteiger partial charge in [-0.3, -0.25) is 14.6 Å². The van der Waals surface area contributed by atoms with E-state index in [4.69, 9.17) is 15.7 Å². The highest BCUT2D eigenvalue weighted by molar-refractivity contribution is 5.94. The van der Waals surface area contributed by atoms with E-state index in [2.05, 4.69) is 4.90 Å². The Bertz CT molecular complexity index is 1330. The summed E-state index contributed by atoms with van der Waals surface area (Å²) < 4.78 is 0. The number of carbonyl (C=O) groups is 2. The van der Waals surface area contributed by atoms with Crippen LogP contribution < -0.4 is 10.6 Å². The van der Waals surface area contributed by atoms with Crippen LogP contribution in [-0.4, -0.2) is 52.9 Å². The van der Waals surface area contributed by atoms with Gasteiger partial charge in [-0.25, -0.2) is 4.98 Å². The van der Waals surface area contributed by atoms with Gasteiger partial charge < -0.3 is 15.5 Å². The number of amides is 2. The summed E-state index contributed by atoms with van der Waals surface area (Å²) in [6.07, 6.45) is 1.78. The quantitative estimate of drug-likeness (QED) is 0.485. The SMILES string of the molecule is NC(=O)c1ccc(-c2ncc(N3CCN(C(=O)c4ccccc4)CC3)nc2-c2ccccc2)cc1. The molecule has 2 heterocycles. The Morgan fingerprint density at radius 1 is 0.686 bits per heavy atom. The molecule has 4 aromatic rings. The lowest BCUT2D eigenvalue weighted by Crippen LogP contribution is -2.49. The predicted molar refractivity (Wildman–Crippen MR) is 136 cm³/mol. The van der Waals surface area contributed by atoms with Gasteiger partial charge in [0.15, 0.2) is 0 Å². The summed E-state index contributed by atoms with van der Waals surface area (Å²) in [6, 6.07) is 26.4. The highest BCUT2D eigenvalue weighted by atomic mass is 16.2. The van der Waals surface area contributed by atoms with Crippen molar-refractivity contribution in [2.75, 3.05) is 31.1 Å². The number of rotatable bonds is 5. The van der Waals surface area contributed by atoms with Gasteiger partial charge in [-0.1, -0.05) is 60.7 Å². The van der Waals surface area contributed by atoms with Crippen molar-refractivity contribution in [3.63, 3.8) is 0 Å². The van der Waals surface area contributed by atoms with E-state index in [1.807, 2.05) is 77.7 Å². The number of carbonyl (C=O) groups excluding carboxylic acids is 2. The summed E-state index contributed by atoms with van der Waals surface area (Å²) >= 11 is 0. The largest absolute Gasteiger partial charge is 0.366 e. The van der Waals surface area contributed by atoms with E-state index < -0.39 is 5.91 Å². The van der Waals surface area contributed by atoms with Crippen LogP contribution in [0.25, 0.3) is 22.5 Å². The fraction of sp³-hybridized carbons (Fsp3) is 0.143. The molecule has 2 N–H and O–H groups in total. The van der Waals surface area contributed by atoms with Crippen molar-refractivity contribution in [1.82, 2.24) is 14.9 Å². The summed E-state index contributed by atoms with van der Waals surface area (Å²) in [7, 11) is 0. The Morgan fingerprint density at radius 3 is 1.91 bits per heavy atom. The van der Waals surface area contributed by atoms with E-state index >= 15 is 0 Å².